The van der Waals surface area contributed by atoms with E-state index in [2.05, 4.69) is 32.8 Å². The number of nitrogen functional groups attached to an aromatic ring is 2. The largest absolute Gasteiger partial charge is 0.490 e. The second-order valence-corrected chi connectivity index (χ2v) is 32.7. The van der Waals surface area contributed by atoms with E-state index in [1.165, 1.54) is 85.4 Å². The molecule has 1 aromatic heterocycles. The van der Waals surface area contributed by atoms with Crippen LogP contribution in [0.4, 0.5) is 11.5 Å². The zero-order valence-corrected chi connectivity index (χ0v) is 59.0. The minimum absolute atomic E-state index is 0.0137. The number of anilines is 2. The molecule has 0 radical (unpaired) electrons. The number of rotatable bonds is 33. The Balaban J connectivity index is 0.841. The van der Waals surface area contributed by atoms with Gasteiger partial charge in [-0.1, -0.05) is 100 Å². The highest BCUT2D eigenvalue weighted by molar-refractivity contribution is 8.77. The Labute approximate surface area is 574 Å². The van der Waals surface area contributed by atoms with Crippen molar-refractivity contribution in [1.82, 2.24) is 30.4 Å². The summed E-state index contributed by atoms with van der Waals surface area (Å²) in [4.78, 5) is 87.8. The molecule has 0 saturated carbocycles. The number of nitrogens with two attached hydrogens (primary N) is 2. The summed E-state index contributed by atoms with van der Waals surface area (Å²) in [5, 5.41) is 15.7. The molecule has 526 valence electrons. The quantitative estimate of drug-likeness (QED) is 0.00352. The predicted octanol–water partition coefficient (Wildman–Crippen LogP) is 5.56. The molecule has 4 aromatic rings. The van der Waals surface area contributed by atoms with Crippen molar-refractivity contribution < 1.29 is 92.3 Å². The number of nitrogens with one attached hydrogen (secondary N) is 4. The average Bonchev–Trinajstić information content (AvgIpc) is 1.04. The number of hydrogen-bond acceptors (Lipinski definition) is 25. The van der Waals surface area contributed by atoms with E-state index in [1.807, 2.05) is 34.0 Å². The molecule has 97 heavy (non-hydrogen) atoms. The highest BCUT2D eigenvalue weighted by atomic mass is 33.1. The third-order valence-corrected chi connectivity index (χ3v) is 21.6. The Kier molecular flexibility index (Phi) is 27.9. The van der Waals surface area contributed by atoms with Gasteiger partial charge in [-0.2, -0.15) is 21.8 Å². The van der Waals surface area contributed by atoms with E-state index < -0.39 is 114 Å². The molecule has 5 atom stereocenters. The molecule has 0 bridgehead atoms. The molecule has 4 amide bonds. The zero-order chi connectivity index (χ0) is 71.0. The Hall–Kier alpha value is -6.76. The van der Waals surface area contributed by atoms with Crippen LogP contribution in [0.15, 0.2) is 98.0 Å². The van der Waals surface area contributed by atoms with Gasteiger partial charge in [0.25, 0.3) is 32.1 Å². The van der Waals surface area contributed by atoms with E-state index in [0.29, 0.717) is 5.75 Å². The molecular weight excluding hydrogens is 1410 g/mol. The Bertz CT molecular complexity index is 4280. The molecule has 1 saturated heterocycles. The first-order valence-electron chi connectivity index (χ1n) is 29.5. The minimum Gasteiger partial charge on any atom is -0.490 e. The highest BCUT2D eigenvalue weighted by Crippen LogP contribution is 2.46. The molecule has 0 spiro atoms. The maximum atomic E-state index is 14.2. The van der Waals surface area contributed by atoms with Gasteiger partial charge in [-0.15, -0.1) is 0 Å². The number of benzene rings is 4. The number of fused-ring (bicyclic) bond motifs is 2. The summed E-state index contributed by atoms with van der Waals surface area (Å²) in [5.41, 5.74) is 10.1. The van der Waals surface area contributed by atoms with Crippen molar-refractivity contribution in [3.8, 4) is 40.0 Å². The summed E-state index contributed by atoms with van der Waals surface area (Å²) in [6.45, 7) is 7.75. The molecule has 3 aliphatic rings. The molecule has 3 aromatic carbocycles. The molecule has 2 aliphatic heterocycles. The van der Waals surface area contributed by atoms with Crippen LogP contribution in [0.3, 0.4) is 0 Å². The third kappa shape index (κ3) is 22.6. The lowest BCUT2D eigenvalue weighted by atomic mass is 9.90. The summed E-state index contributed by atoms with van der Waals surface area (Å²) in [5.74, 6) is 3.34. The van der Waals surface area contributed by atoms with Crippen LogP contribution in [-0.4, -0.2) is 180 Å². The molecule has 1 fully saturated rings. The molecular formula is C60H74N9O21PS6. The normalized spacial score (nSPS) is 15.7. The van der Waals surface area contributed by atoms with Crippen molar-refractivity contribution in [2.45, 2.75) is 90.8 Å². The fraction of sp³-hybridized carbons (Fsp3) is 0.417. The fourth-order valence-electron chi connectivity index (χ4n) is 9.61. The molecule has 30 nitrogen and oxygen atoms in total. The number of nitrogens with zero attached hydrogens (tertiary/aromatic N) is 3. The lowest BCUT2D eigenvalue weighted by Crippen LogP contribution is -2.35. The van der Waals surface area contributed by atoms with Gasteiger partial charge in [-0.3, -0.25) is 42.8 Å². The van der Waals surface area contributed by atoms with Crippen LogP contribution in [0, 0.1) is 17.3 Å². The predicted molar refractivity (Wildman–Crippen MR) is 367 cm³/mol. The van der Waals surface area contributed by atoms with Crippen molar-refractivity contribution in [3.05, 3.63) is 112 Å². The first kappa shape index (κ1) is 77.6. The zero-order valence-electron chi connectivity index (χ0n) is 53.2. The fourth-order valence-corrected chi connectivity index (χ4v) is 15.0. The monoisotopic (exact) mass is 1480 g/mol. The van der Waals surface area contributed by atoms with Gasteiger partial charge in [-0.25, -0.2) is 4.79 Å². The smallest absolute Gasteiger partial charge is 0.351 e. The van der Waals surface area contributed by atoms with Crippen LogP contribution >= 0.6 is 50.8 Å². The molecule has 2 unspecified atom stereocenters. The van der Waals surface area contributed by atoms with E-state index in [9.17, 15) is 64.3 Å². The van der Waals surface area contributed by atoms with Crippen LogP contribution in [0.25, 0.3) is 33.4 Å². The topological polar surface area (TPSA) is 453 Å². The van der Waals surface area contributed by atoms with Crippen LogP contribution in [0.5, 0.6) is 5.75 Å². The first-order valence-corrected chi connectivity index (χ1v) is 39.0. The SMILES string of the molecule is CSS[C@@H](C)OC1C[C@H](n2cc(C#CCNC(=O)COCCOC(COc3cccc(C(=O)NCCNC(=O)CCCN(C)C(=O)c4ccccc4-c4c5ccc(=N)c(S(=O)(=O)O)c-5oc5c(S(=O)(=O)O)c(N)ccc45)c3)SSC(C)(C)C)c(N)nc2=O)O[C@@H]1COCP(=O)(O)O. The highest BCUT2D eigenvalue weighted by Gasteiger charge is 2.40. The Morgan fingerprint density at radius 2 is 1.66 bits per heavy atom. The Morgan fingerprint density at radius 1 is 0.928 bits per heavy atom. The van der Waals surface area contributed by atoms with Gasteiger partial charge in [-0.05, 0) is 73.7 Å². The van der Waals surface area contributed by atoms with Crippen LogP contribution < -0.4 is 43.2 Å². The van der Waals surface area contributed by atoms with Crippen LogP contribution in [0.1, 0.15) is 79.5 Å². The standard InChI is InChI=1S/C60H74N9O21PS6/c1-35(93-92-6)88-45-29-49(89-46(45)31-85-34-91(75,76)77)69-30-37(56(63)67-59(69)74)13-10-22-64-48(71)32-84-26-27-86-50(94-95-60(2,3)4)33-87-38-14-9-12-36(28-38)57(72)66-24-23-65-47(70)17-11-25-68(5)58(73)40-16-8-7-15-39(40)51-41-18-20-43(61)54(96(78,79)80)52(41)90-53-42(51)19-21-44(62)55(53)97(81,82)83/h7-9,12,14-16,18-21,28,30,35,45-46,49-50,61H,11,17,22-27,29,31-34,62H2,1-6H3,(H,64,71)(H,65,70)(H,66,72)(H2,63,67,74)(H2,75,76,77)(H,78,79,80)(H,81,82,83)/t35-,45?,46+,49+,50?/m0/s1. The number of hydrogen-bond donors (Lipinski definition) is 10. The van der Waals surface area contributed by atoms with Gasteiger partial charge in [0.1, 0.15) is 54.3 Å². The van der Waals surface area contributed by atoms with Gasteiger partial charge in [0.05, 0.1) is 49.1 Å². The van der Waals surface area contributed by atoms with Gasteiger partial charge in [0.2, 0.25) is 11.8 Å². The summed E-state index contributed by atoms with van der Waals surface area (Å²) >= 11 is 0. The number of amides is 4. The summed E-state index contributed by atoms with van der Waals surface area (Å²) in [6.07, 6.45) is 0.535. The maximum absolute atomic E-state index is 14.2. The minimum atomic E-state index is -5.18. The van der Waals surface area contributed by atoms with E-state index in [-0.39, 0.29) is 139 Å². The van der Waals surface area contributed by atoms with E-state index in [4.69, 9.17) is 49.7 Å². The average molecular weight is 1480 g/mol. The lowest BCUT2D eigenvalue weighted by molar-refractivity contribution is -0.126. The van der Waals surface area contributed by atoms with Gasteiger partial charge in [0, 0.05) is 78.1 Å². The van der Waals surface area contributed by atoms with Crippen molar-refractivity contribution in [2.24, 2.45) is 0 Å². The van der Waals surface area contributed by atoms with E-state index in [1.54, 1.807) is 47.2 Å². The lowest BCUT2D eigenvalue weighted by Gasteiger charge is -2.22. The van der Waals surface area contributed by atoms with Crippen molar-refractivity contribution in [2.75, 3.05) is 90.3 Å². The molecule has 37 heteroatoms. The summed E-state index contributed by atoms with van der Waals surface area (Å²) in [7, 11) is -7.33. The molecule has 1 aliphatic carbocycles. The van der Waals surface area contributed by atoms with Gasteiger partial charge in [0.15, 0.2) is 21.1 Å². The molecule has 7 rings (SSSR count). The second kappa shape index (κ2) is 34.8. The van der Waals surface area contributed by atoms with E-state index in [0.717, 1.165) is 6.07 Å². The number of ether oxygens (including phenoxy) is 6. The van der Waals surface area contributed by atoms with E-state index >= 15 is 0 Å². The Morgan fingerprint density at radius 3 is 2.37 bits per heavy atom. The third-order valence-electron chi connectivity index (χ3n) is 13.8. The van der Waals surface area contributed by atoms with Gasteiger partial charge >= 0.3 is 13.3 Å². The number of carbonyl (C=O) groups is 4. The number of aromatic nitrogens is 2. The second-order valence-electron chi connectivity index (χ2n) is 22.4. The molecule has 3 heterocycles. The van der Waals surface area contributed by atoms with Crippen molar-refractivity contribution >= 4 is 117 Å². The maximum Gasteiger partial charge on any atom is 0.351 e. The summed E-state index contributed by atoms with van der Waals surface area (Å²) in [6, 6.07) is 17.5. The van der Waals surface area contributed by atoms with Crippen molar-refractivity contribution in [1.29, 1.82) is 5.41 Å². The van der Waals surface area contributed by atoms with Crippen molar-refractivity contribution in [3.63, 3.8) is 0 Å². The first-order chi connectivity index (χ1) is 45.7. The van der Waals surface area contributed by atoms with Crippen LogP contribution in [0.2, 0.25) is 0 Å². The van der Waals surface area contributed by atoms with Gasteiger partial charge < -0.3 is 74.9 Å². The summed E-state index contributed by atoms with van der Waals surface area (Å²) < 4.78 is 124. The number of carbonyl (C=O) groups excluding carboxylic acids is 4. The van der Waals surface area contributed by atoms with Crippen LogP contribution in [-0.2, 0) is 58.1 Å². The molecule has 12 N–H and O–H groups in total.